The lowest BCUT2D eigenvalue weighted by atomic mass is 9.80. The van der Waals surface area contributed by atoms with Gasteiger partial charge in [0.05, 0.1) is 12.0 Å². The van der Waals surface area contributed by atoms with E-state index in [4.69, 9.17) is 16.1 Å². The molecule has 8 nitrogen and oxygen atoms in total. The highest BCUT2D eigenvalue weighted by atomic mass is 35.5. The number of hydrogen-bond donors (Lipinski definition) is 1. The summed E-state index contributed by atoms with van der Waals surface area (Å²) >= 11 is 5.95. The number of piperazine rings is 1. The Morgan fingerprint density at radius 1 is 1.09 bits per heavy atom. The Kier molecular flexibility index (Phi) is 7.28. The van der Waals surface area contributed by atoms with Crippen LogP contribution in [0.4, 0.5) is 0 Å². The summed E-state index contributed by atoms with van der Waals surface area (Å²) in [5, 5.41) is 7.77. The summed E-state index contributed by atoms with van der Waals surface area (Å²) < 4.78 is 5.45. The second-order valence-electron chi connectivity index (χ2n) is 10.5. The molecule has 1 aromatic heterocycles. The van der Waals surface area contributed by atoms with Gasteiger partial charge in [0.25, 0.3) is 0 Å². The van der Waals surface area contributed by atoms with Gasteiger partial charge in [0.2, 0.25) is 23.5 Å². The fourth-order valence-corrected chi connectivity index (χ4v) is 5.08. The molecule has 1 aliphatic heterocycles. The van der Waals surface area contributed by atoms with Crippen LogP contribution in [0.1, 0.15) is 58.8 Å². The Bertz CT molecular complexity index is 1000. The van der Waals surface area contributed by atoms with Crippen molar-refractivity contribution in [2.45, 2.75) is 65.0 Å². The van der Waals surface area contributed by atoms with E-state index < -0.39 is 5.41 Å². The van der Waals surface area contributed by atoms with Crippen LogP contribution in [-0.2, 0) is 16.1 Å². The molecule has 34 heavy (non-hydrogen) atoms. The van der Waals surface area contributed by atoms with E-state index in [0.717, 1.165) is 44.3 Å². The molecular formula is C25H34ClN5O3. The number of aromatic nitrogens is 2. The normalized spacial score (nSPS) is 18.8. The molecule has 2 heterocycles. The SMILES string of the molecule is CC(C)(C)NC(=O)CC1(C(=O)N2CCN(Cc3nc(-c4ccc(Cl)cc4)no3)CC2)CCCC1. The van der Waals surface area contributed by atoms with Crippen LogP contribution in [-0.4, -0.2) is 63.5 Å². The summed E-state index contributed by atoms with van der Waals surface area (Å²) in [6.45, 7) is 9.18. The van der Waals surface area contributed by atoms with Gasteiger partial charge in [-0.3, -0.25) is 14.5 Å². The maximum Gasteiger partial charge on any atom is 0.241 e. The predicted octanol–water partition coefficient (Wildman–Crippen LogP) is 3.90. The molecule has 1 aliphatic carbocycles. The smallest absolute Gasteiger partial charge is 0.241 e. The Balaban J connectivity index is 1.32. The topological polar surface area (TPSA) is 91.6 Å². The van der Waals surface area contributed by atoms with Gasteiger partial charge in [0.1, 0.15) is 0 Å². The van der Waals surface area contributed by atoms with Crippen LogP contribution in [0, 0.1) is 5.41 Å². The minimum absolute atomic E-state index is 0.0331. The molecule has 0 bridgehead atoms. The van der Waals surface area contributed by atoms with Gasteiger partial charge in [0.15, 0.2) is 0 Å². The minimum Gasteiger partial charge on any atom is -0.351 e. The molecule has 2 aliphatic rings. The quantitative estimate of drug-likeness (QED) is 0.664. The number of halogens is 1. The fraction of sp³-hybridized carbons (Fsp3) is 0.600. The lowest BCUT2D eigenvalue weighted by Crippen LogP contribution is -2.53. The van der Waals surface area contributed by atoms with E-state index in [-0.39, 0.29) is 23.8 Å². The van der Waals surface area contributed by atoms with Gasteiger partial charge in [-0.05, 0) is 57.9 Å². The summed E-state index contributed by atoms with van der Waals surface area (Å²) in [7, 11) is 0. The number of amides is 2. The van der Waals surface area contributed by atoms with Gasteiger partial charge < -0.3 is 14.7 Å². The molecule has 9 heteroatoms. The Labute approximate surface area is 206 Å². The second-order valence-corrected chi connectivity index (χ2v) is 11.0. The first-order chi connectivity index (χ1) is 16.1. The molecule has 1 saturated heterocycles. The zero-order valence-electron chi connectivity index (χ0n) is 20.3. The Morgan fingerprint density at radius 2 is 1.74 bits per heavy atom. The molecule has 0 atom stereocenters. The first kappa shape index (κ1) is 24.7. The van der Waals surface area contributed by atoms with Gasteiger partial charge in [-0.1, -0.05) is 29.6 Å². The van der Waals surface area contributed by atoms with E-state index in [2.05, 4.69) is 20.4 Å². The standard InChI is InChI=1S/C25H34ClN5O3/c1-24(2,3)28-20(32)16-25(10-4-5-11-25)23(33)31-14-12-30(13-15-31)17-21-27-22(29-34-21)18-6-8-19(26)9-7-18/h6-9H,4-5,10-17H2,1-3H3,(H,28,32). The third kappa shape index (κ3) is 5.96. The van der Waals surface area contributed by atoms with Gasteiger partial charge in [-0.15, -0.1) is 0 Å². The molecule has 184 valence electrons. The van der Waals surface area contributed by atoms with Crippen molar-refractivity contribution in [1.29, 1.82) is 0 Å². The van der Waals surface area contributed by atoms with Crippen molar-refractivity contribution in [3.63, 3.8) is 0 Å². The molecule has 1 saturated carbocycles. The molecule has 0 unspecified atom stereocenters. The summed E-state index contributed by atoms with van der Waals surface area (Å²) in [5.74, 6) is 1.19. The van der Waals surface area contributed by atoms with Crippen molar-refractivity contribution in [3.05, 3.63) is 35.2 Å². The highest BCUT2D eigenvalue weighted by molar-refractivity contribution is 6.30. The number of nitrogens with zero attached hydrogens (tertiary/aromatic N) is 4. The van der Waals surface area contributed by atoms with Crippen LogP contribution in [0.3, 0.4) is 0 Å². The number of rotatable bonds is 6. The maximum absolute atomic E-state index is 13.5. The number of carbonyl (C=O) groups excluding carboxylic acids is 2. The van der Waals surface area contributed by atoms with Crippen molar-refractivity contribution >= 4 is 23.4 Å². The molecule has 0 spiro atoms. The largest absolute Gasteiger partial charge is 0.351 e. The van der Waals surface area contributed by atoms with Gasteiger partial charge in [-0.2, -0.15) is 4.98 Å². The molecule has 1 aromatic carbocycles. The van der Waals surface area contributed by atoms with Crippen molar-refractivity contribution in [2.24, 2.45) is 5.41 Å². The zero-order chi connectivity index (χ0) is 24.3. The van der Waals surface area contributed by atoms with Gasteiger partial charge in [-0.25, -0.2) is 0 Å². The third-order valence-corrected chi connectivity index (χ3v) is 6.87. The molecule has 1 N–H and O–H groups in total. The fourth-order valence-electron chi connectivity index (χ4n) is 4.96. The third-order valence-electron chi connectivity index (χ3n) is 6.62. The van der Waals surface area contributed by atoms with Crippen LogP contribution >= 0.6 is 11.6 Å². The van der Waals surface area contributed by atoms with Crippen molar-refractivity contribution in [3.8, 4) is 11.4 Å². The lowest BCUT2D eigenvalue weighted by molar-refractivity contribution is -0.147. The predicted molar refractivity (Wildman–Crippen MR) is 130 cm³/mol. The summed E-state index contributed by atoms with van der Waals surface area (Å²) in [6.07, 6.45) is 3.86. The highest BCUT2D eigenvalue weighted by Crippen LogP contribution is 2.43. The molecule has 0 radical (unpaired) electrons. The molecule has 2 amide bonds. The number of carbonyl (C=O) groups is 2. The number of benzene rings is 1. The van der Waals surface area contributed by atoms with Gasteiger partial charge in [0, 0.05) is 48.7 Å². The van der Waals surface area contributed by atoms with E-state index in [0.29, 0.717) is 36.4 Å². The first-order valence-corrected chi connectivity index (χ1v) is 12.4. The monoisotopic (exact) mass is 487 g/mol. The number of hydrogen-bond acceptors (Lipinski definition) is 6. The summed E-state index contributed by atoms with van der Waals surface area (Å²) in [6, 6.07) is 7.32. The minimum atomic E-state index is -0.558. The summed E-state index contributed by atoms with van der Waals surface area (Å²) in [5.41, 5.74) is -0.00210. The highest BCUT2D eigenvalue weighted by Gasteiger charge is 2.45. The van der Waals surface area contributed by atoms with E-state index in [1.54, 1.807) is 12.1 Å². The zero-order valence-corrected chi connectivity index (χ0v) is 21.0. The average Bonchev–Trinajstić information content (AvgIpc) is 3.43. The van der Waals surface area contributed by atoms with E-state index >= 15 is 0 Å². The van der Waals surface area contributed by atoms with Gasteiger partial charge >= 0.3 is 0 Å². The Hall–Kier alpha value is -2.45. The molecule has 2 aromatic rings. The van der Waals surface area contributed by atoms with Crippen LogP contribution < -0.4 is 5.32 Å². The van der Waals surface area contributed by atoms with Crippen LogP contribution in [0.2, 0.25) is 5.02 Å². The molecular weight excluding hydrogens is 454 g/mol. The first-order valence-electron chi connectivity index (χ1n) is 12.0. The van der Waals surface area contributed by atoms with Crippen LogP contribution in [0.5, 0.6) is 0 Å². The van der Waals surface area contributed by atoms with Crippen molar-refractivity contribution in [2.75, 3.05) is 26.2 Å². The summed E-state index contributed by atoms with van der Waals surface area (Å²) in [4.78, 5) is 34.9. The van der Waals surface area contributed by atoms with Crippen LogP contribution in [0.25, 0.3) is 11.4 Å². The second kappa shape index (κ2) is 10.0. The lowest BCUT2D eigenvalue weighted by Gasteiger charge is -2.39. The van der Waals surface area contributed by atoms with Crippen molar-refractivity contribution in [1.82, 2.24) is 25.3 Å². The number of nitrogens with one attached hydrogen (secondary N) is 1. The average molecular weight is 488 g/mol. The van der Waals surface area contributed by atoms with E-state index in [9.17, 15) is 9.59 Å². The molecule has 2 fully saturated rings. The van der Waals surface area contributed by atoms with Crippen LogP contribution in [0.15, 0.2) is 28.8 Å². The van der Waals surface area contributed by atoms with Crippen molar-refractivity contribution < 1.29 is 14.1 Å². The van der Waals surface area contributed by atoms with E-state index in [1.807, 2.05) is 37.8 Å². The Morgan fingerprint density at radius 3 is 2.35 bits per heavy atom. The van der Waals surface area contributed by atoms with E-state index in [1.165, 1.54) is 0 Å². The molecule has 4 rings (SSSR count). The maximum atomic E-state index is 13.5.